The number of hydrogen-bond donors (Lipinski definition) is 1. The molecule has 0 unspecified atom stereocenters. The number of anilines is 2. The molecule has 1 N–H and O–H groups in total. The van der Waals surface area contributed by atoms with Crippen LogP contribution in [0.2, 0.25) is 0 Å². The lowest BCUT2D eigenvalue weighted by atomic mass is 9.97. The Balaban J connectivity index is 1.60. The van der Waals surface area contributed by atoms with Gasteiger partial charge in [0.25, 0.3) is 0 Å². The van der Waals surface area contributed by atoms with Crippen molar-refractivity contribution in [2.24, 2.45) is 0 Å². The third-order valence-electron chi connectivity index (χ3n) is 5.09. The van der Waals surface area contributed by atoms with Gasteiger partial charge in [-0.3, -0.25) is 4.79 Å². The van der Waals surface area contributed by atoms with Crippen LogP contribution in [0, 0.1) is 0 Å². The molecule has 27 heavy (non-hydrogen) atoms. The van der Waals surface area contributed by atoms with Crippen LogP contribution in [0.1, 0.15) is 52.5 Å². The Hall–Kier alpha value is -1.60. The molecule has 0 bridgehead atoms. The van der Waals surface area contributed by atoms with Crippen molar-refractivity contribution in [3.63, 3.8) is 0 Å². The van der Waals surface area contributed by atoms with Crippen LogP contribution in [0.15, 0.2) is 28.6 Å². The first-order valence-electron chi connectivity index (χ1n) is 9.66. The molecule has 3 rings (SSSR count). The highest BCUT2D eigenvalue weighted by Crippen LogP contribution is 2.33. The minimum Gasteiger partial charge on any atom is -0.336 e. The first-order chi connectivity index (χ1) is 13.0. The van der Waals surface area contributed by atoms with E-state index in [-0.39, 0.29) is 11.2 Å². The third kappa shape index (κ3) is 5.02. The quantitative estimate of drug-likeness (QED) is 0.678. The van der Waals surface area contributed by atoms with Crippen LogP contribution in [0.5, 0.6) is 0 Å². The van der Waals surface area contributed by atoms with E-state index in [0.717, 1.165) is 34.4 Å². The van der Waals surface area contributed by atoms with Gasteiger partial charge in [0.1, 0.15) is 0 Å². The second-order valence-electron chi connectivity index (χ2n) is 7.18. The van der Waals surface area contributed by atoms with Gasteiger partial charge in [-0.25, -0.2) is 0 Å². The highest BCUT2D eigenvalue weighted by atomic mass is 32.2. The summed E-state index contributed by atoms with van der Waals surface area (Å²) in [7, 11) is 0. The minimum atomic E-state index is -0.155. The van der Waals surface area contributed by atoms with Gasteiger partial charge in [-0.15, -0.1) is 10.2 Å². The van der Waals surface area contributed by atoms with Crippen LogP contribution in [-0.2, 0) is 11.2 Å². The molecule has 0 spiro atoms. The summed E-state index contributed by atoms with van der Waals surface area (Å²) >= 11 is 2.99. The van der Waals surface area contributed by atoms with Crippen molar-refractivity contribution in [1.29, 1.82) is 0 Å². The smallest absolute Gasteiger partial charge is 0.236 e. The molecule has 0 aliphatic carbocycles. The van der Waals surface area contributed by atoms with Crippen molar-refractivity contribution in [2.75, 3.05) is 5.32 Å². The predicted octanol–water partition coefficient (Wildman–Crippen LogP) is 5.11. The van der Waals surface area contributed by atoms with E-state index >= 15 is 0 Å². The lowest BCUT2D eigenvalue weighted by Crippen LogP contribution is -2.50. The van der Waals surface area contributed by atoms with Gasteiger partial charge in [-0.2, -0.15) is 0 Å². The molecule has 3 atom stereocenters. The molecule has 146 valence electrons. The van der Waals surface area contributed by atoms with Gasteiger partial charge >= 0.3 is 0 Å². The maximum atomic E-state index is 12.9. The number of nitrogens with one attached hydrogen (secondary N) is 1. The first kappa shape index (κ1) is 20.1. The van der Waals surface area contributed by atoms with Crippen LogP contribution in [0.25, 0.3) is 0 Å². The number of rotatable bonds is 6. The number of nitrogens with zero attached hydrogens (tertiary/aromatic N) is 3. The lowest BCUT2D eigenvalue weighted by molar-refractivity contribution is -0.136. The molecule has 1 saturated heterocycles. The molecular weight excluding hydrogens is 376 g/mol. The van der Waals surface area contributed by atoms with Crippen LogP contribution >= 0.6 is 23.1 Å². The number of thioether (sulfide) groups is 1. The lowest BCUT2D eigenvalue weighted by Gasteiger charge is -2.40. The van der Waals surface area contributed by atoms with Crippen molar-refractivity contribution < 1.29 is 4.79 Å². The number of aromatic nitrogens is 2. The minimum absolute atomic E-state index is 0.155. The second-order valence-corrected chi connectivity index (χ2v) is 9.75. The fourth-order valence-electron chi connectivity index (χ4n) is 3.52. The van der Waals surface area contributed by atoms with Gasteiger partial charge in [0.05, 0.1) is 5.25 Å². The monoisotopic (exact) mass is 404 g/mol. The van der Waals surface area contributed by atoms with Crippen molar-refractivity contribution in [3.8, 4) is 0 Å². The summed E-state index contributed by atoms with van der Waals surface area (Å²) in [5.74, 6) is 0.208. The number of carbonyl (C=O) groups is 1. The number of benzene rings is 1. The zero-order valence-corrected chi connectivity index (χ0v) is 18.1. The SMILES string of the molecule is CCc1ccc(Nc2nnc(S[C@@H](C)C(=O)N3[C@H](C)CCC[C@@H]3C)s2)cc1. The average Bonchev–Trinajstić information content (AvgIpc) is 3.09. The first-order valence-corrected chi connectivity index (χ1v) is 11.4. The number of carbonyl (C=O) groups excluding carboxylic acids is 1. The van der Waals surface area contributed by atoms with Crippen molar-refractivity contribution in [2.45, 2.75) is 75.1 Å². The van der Waals surface area contributed by atoms with E-state index in [1.54, 1.807) is 0 Å². The number of piperidine rings is 1. The summed E-state index contributed by atoms with van der Waals surface area (Å²) < 4.78 is 0.820. The number of hydrogen-bond acceptors (Lipinski definition) is 6. The molecule has 2 aromatic rings. The van der Waals surface area contributed by atoms with E-state index < -0.39 is 0 Å². The van der Waals surface area contributed by atoms with E-state index in [0.29, 0.717) is 12.1 Å². The Kier molecular flexibility index (Phi) is 6.76. The van der Waals surface area contributed by atoms with Gasteiger partial charge in [0.15, 0.2) is 4.34 Å². The van der Waals surface area contributed by atoms with Gasteiger partial charge in [0, 0.05) is 17.8 Å². The summed E-state index contributed by atoms with van der Waals surface area (Å²) in [5.41, 5.74) is 2.31. The normalized spacial score (nSPS) is 21.1. The molecule has 1 fully saturated rings. The summed E-state index contributed by atoms with van der Waals surface area (Å²) in [4.78, 5) is 15.0. The number of amides is 1. The standard InChI is InChI=1S/C20H28N4OS2/c1-5-16-9-11-17(12-10-16)21-19-22-23-20(27-19)26-15(4)18(25)24-13(2)7-6-8-14(24)3/h9-15H,5-8H2,1-4H3,(H,21,22)/t13-,14+,15-/m0/s1. The van der Waals surface area contributed by atoms with Crippen LogP contribution < -0.4 is 5.32 Å². The molecular formula is C20H28N4OS2. The van der Waals surface area contributed by atoms with E-state index in [1.807, 2.05) is 6.92 Å². The third-order valence-corrected chi connectivity index (χ3v) is 7.10. The average molecular weight is 405 g/mol. The van der Waals surface area contributed by atoms with Crippen molar-refractivity contribution in [1.82, 2.24) is 15.1 Å². The molecule has 0 saturated carbocycles. The molecule has 1 aromatic heterocycles. The number of likely N-dealkylation sites (tertiary alicyclic amines) is 1. The van der Waals surface area contributed by atoms with E-state index in [1.165, 1.54) is 35.1 Å². The van der Waals surface area contributed by atoms with Gasteiger partial charge in [-0.1, -0.05) is 42.2 Å². The van der Waals surface area contributed by atoms with Crippen LogP contribution in [-0.4, -0.2) is 38.3 Å². The maximum absolute atomic E-state index is 12.9. The molecule has 2 heterocycles. The highest BCUT2D eigenvalue weighted by Gasteiger charge is 2.32. The summed E-state index contributed by atoms with van der Waals surface area (Å²) in [6, 6.07) is 8.97. The summed E-state index contributed by atoms with van der Waals surface area (Å²) in [6.07, 6.45) is 4.42. The van der Waals surface area contributed by atoms with E-state index in [4.69, 9.17) is 0 Å². The Bertz CT molecular complexity index is 752. The maximum Gasteiger partial charge on any atom is 0.236 e. The summed E-state index contributed by atoms with van der Waals surface area (Å²) in [6.45, 7) is 8.42. The van der Waals surface area contributed by atoms with E-state index in [2.05, 4.69) is 65.5 Å². The fraction of sp³-hybridized carbons (Fsp3) is 0.550. The van der Waals surface area contributed by atoms with Gasteiger partial charge < -0.3 is 10.2 Å². The van der Waals surface area contributed by atoms with Crippen LogP contribution in [0.3, 0.4) is 0 Å². The molecule has 7 heteroatoms. The Morgan fingerprint density at radius 3 is 2.56 bits per heavy atom. The predicted molar refractivity (Wildman–Crippen MR) is 114 cm³/mol. The Morgan fingerprint density at radius 2 is 1.93 bits per heavy atom. The van der Waals surface area contributed by atoms with Crippen molar-refractivity contribution in [3.05, 3.63) is 29.8 Å². The zero-order valence-electron chi connectivity index (χ0n) is 16.4. The topological polar surface area (TPSA) is 58.1 Å². The Labute approximate surface area is 170 Å². The van der Waals surface area contributed by atoms with Crippen LogP contribution in [0.4, 0.5) is 10.8 Å². The molecule has 5 nitrogen and oxygen atoms in total. The Morgan fingerprint density at radius 1 is 1.26 bits per heavy atom. The molecule has 1 amide bonds. The molecule has 0 radical (unpaired) electrons. The van der Waals surface area contributed by atoms with Crippen molar-refractivity contribution >= 4 is 39.8 Å². The highest BCUT2D eigenvalue weighted by molar-refractivity contribution is 8.02. The van der Waals surface area contributed by atoms with Gasteiger partial charge in [-0.05, 0) is 64.2 Å². The van der Waals surface area contributed by atoms with Gasteiger partial charge in [0.2, 0.25) is 11.0 Å². The molecule has 1 aliphatic heterocycles. The number of aryl methyl sites for hydroxylation is 1. The molecule has 1 aromatic carbocycles. The summed E-state index contributed by atoms with van der Waals surface area (Å²) in [5, 5.41) is 12.4. The largest absolute Gasteiger partial charge is 0.336 e. The fourth-order valence-corrected chi connectivity index (χ4v) is 5.50. The zero-order chi connectivity index (χ0) is 19.4. The molecule has 1 aliphatic rings. The second kappa shape index (κ2) is 9.06. The van der Waals surface area contributed by atoms with E-state index in [9.17, 15) is 4.79 Å².